The third-order valence-electron chi connectivity index (χ3n) is 1.18. The van der Waals surface area contributed by atoms with E-state index in [4.69, 9.17) is 0 Å². The van der Waals surface area contributed by atoms with Crippen LogP contribution in [0.15, 0.2) is 0 Å². The fourth-order valence-electron chi connectivity index (χ4n) is 0.437. The summed E-state index contributed by atoms with van der Waals surface area (Å²) in [7, 11) is 0. The molecule has 1 amide bonds. The molecule has 1 heterocycles. The Balaban J connectivity index is 0.000000207. The highest BCUT2D eigenvalue weighted by Crippen LogP contribution is 1.99. The van der Waals surface area contributed by atoms with E-state index in [2.05, 4.69) is 19.2 Å². The molecule has 0 atom stereocenters. The van der Waals surface area contributed by atoms with Crippen LogP contribution in [0.25, 0.3) is 0 Å². The number of amides is 1. The smallest absolute Gasteiger partial charge is 0.239 e. The molecule has 1 aliphatic rings. The number of rotatable bonds is 3. The Labute approximate surface area is 67.2 Å². The molecule has 3 nitrogen and oxygen atoms in total. The molecule has 0 aromatic rings. The zero-order valence-corrected chi connectivity index (χ0v) is 7.09. The van der Waals surface area contributed by atoms with Crippen molar-refractivity contribution in [3.8, 4) is 0 Å². The highest BCUT2D eigenvalue weighted by molar-refractivity contribution is 5.91. The van der Waals surface area contributed by atoms with Crippen LogP contribution in [0.5, 0.6) is 0 Å². The lowest BCUT2D eigenvalue weighted by Gasteiger charge is -1.95. The topological polar surface area (TPSA) is 56.1 Å². The third-order valence-corrected chi connectivity index (χ3v) is 1.18. The molecule has 11 heavy (non-hydrogen) atoms. The van der Waals surface area contributed by atoms with Crippen molar-refractivity contribution in [2.45, 2.75) is 26.7 Å². The first kappa shape index (κ1) is 10.1. The SMILES string of the molecule is CC(C)CCC=O.O=C1CN1. The zero-order chi connectivity index (χ0) is 8.69. The minimum Gasteiger partial charge on any atom is -0.346 e. The molecule has 3 heteroatoms. The number of carbonyl (C=O) groups excluding carboxylic acids is 2. The van der Waals surface area contributed by atoms with Gasteiger partial charge in [0.1, 0.15) is 6.29 Å². The molecule has 64 valence electrons. The standard InChI is InChI=1S/C6H12O.C2H3NO/c1-6(2)4-3-5-7;4-2-1-3-2/h5-6H,3-4H2,1-2H3;1H2,(H,3,4). The summed E-state index contributed by atoms with van der Waals surface area (Å²) >= 11 is 0. The maximum atomic E-state index is 9.71. The summed E-state index contributed by atoms with van der Waals surface area (Å²) in [6.45, 7) is 4.83. The Bertz CT molecular complexity index is 126. The molecule has 0 radical (unpaired) electrons. The van der Waals surface area contributed by atoms with E-state index in [0.29, 0.717) is 12.5 Å². The Morgan fingerprint density at radius 3 is 2.18 bits per heavy atom. The molecule has 1 fully saturated rings. The molecule has 0 aromatic heterocycles. The first-order valence-corrected chi connectivity index (χ1v) is 3.87. The number of hydrogen-bond donors (Lipinski definition) is 1. The van der Waals surface area contributed by atoms with Crippen LogP contribution in [0, 0.1) is 5.92 Å². The molecule has 0 unspecified atom stereocenters. The summed E-state index contributed by atoms with van der Waals surface area (Å²) in [5.74, 6) is 0.838. The van der Waals surface area contributed by atoms with Gasteiger partial charge in [-0.2, -0.15) is 0 Å². The summed E-state index contributed by atoms with van der Waals surface area (Å²) in [6.07, 6.45) is 2.72. The van der Waals surface area contributed by atoms with Gasteiger partial charge in [0, 0.05) is 6.42 Å². The van der Waals surface area contributed by atoms with Crippen LogP contribution in [0.3, 0.4) is 0 Å². The van der Waals surface area contributed by atoms with Crippen molar-refractivity contribution in [3.05, 3.63) is 0 Å². The van der Waals surface area contributed by atoms with Crippen molar-refractivity contribution >= 4 is 12.2 Å². The van der Waals surface area contributed by atoms with Gasteiger partial charge in [0.2, 0.25) is 5.91 Å². The van der Waals surface area contributed by atoms with E-state index in [1.807, 2.05) is 0 Å². The number of hydrogen-bond acceptors (Lipinski definition) is 2. The van der Waals surface area contributed by atoms with Crippen molar-refractivity contribution < 1.29 is 9.59 Å². The summed E-state index contributed by atoms with van der Waals surface area (Å²) in [5, 5.41) is 2.46. The second-order valence-corrected chi connectivity index (χ2v) is 2.91. The van der Waals surface area contributed by atoms with Crippen LogP contribution in [0.1, 0.15) is 26.7 Å². The van der Waals surface area contributed by atoms with Gasteiger partial charge in [-0.05, 0) is 12.3 Å². The van der Waals surface area contributed by atoms with E-state index in [-0.39, 0.29) is 5.91 Å². The van der Waals surface area contributed by atoms with Gasteiger partial charge in [0.15, 0.2) is 0 Å². The largest absolute Gasteiger partial charge is 0.346 e. The molecule has 1 N–H and O–H groups in total. The monoisotopic (exact) mass is 157 g/mol. The van der Waals surface area contributed by atoms with Gasteiger partial charge < -0.3 is 10.1 Å². The quantitative estimate of drug-likeness (QED) is 0.485. The fourth-order valence-corrected chi connectivity index (χ4v) is 0.437. The predicted octanol–water partition coefficient (Wildman–Crippen LogP) is 0.738. The molecular weight excluding hydrogens is 142 g/mol. The minimum atomic E-state index is 0.167. The van der Waals surface area contributed by atoms with E-state index in [1.165, 1.54) is 0 Å². The summed E-state index contributed by atoms with van der Waals surface area (Å²) < 4.78 is 0. The molecule has 0 saturated carbocycles. The van der Waals surface area contributed by atoms with Crippen molar-refractivity contribution in [1.29, 1.82) is 0 Å². The van der Waals surface area contributed by atoms with Crippen LogP contribution in [0.4, 0.5) is 0 Å². The van der Waals surface area contributed by atoms with Crippen LogP contribution in [0.2, 0.25) is 0 Å². The maximum absolute atomic E-state index is 9.71. The lowest BCUT2D eigenvalue weighted by atomic mass is 10.1. The first-order valence-electron chi connectivity index (χ1n) is 3.87. The lowest BCUT2D eigenvalue weighted by Crippen LogP contribution is -1.85. The molecule has 0 aromatic carbocycles. The Morgan fingerprint density at radius 1 is 1.64 bits per heavy atom. The minimum absolute atomic E-state index is 0.167. The van der Waals surface area contributed by atoms with E-state index >= 15 is 0 Å². The van der Waals surface area contributed by atoms with Gasteiger partial charge in [0.05, 0.1) is 6.54 Å². The van der Waals surface area contributed by atoms with Crippen molar-refractivity contribution in [1.82, 2.24) is 5.32 Å². The fraction of sp³-hybridized carbons (Fsp3) is 0.750. The van der Waals surface area contributed by atoms with Gasteiger partial charge in [-0.3, -0.25) is 4.79 Å². The predicted molar refractivity (Wildman–Crippen MR) is 43.1 cm³/mol. The second kappa shape index (κ2) is 5.89. The van der Waals surface area contributed by atoms with Gasteiger partial charge in [0.25, 0.3) is 0 Å². The molecule has 0 aliphatic carbocycles. The number of carbonyl (C=O) groups is 2. The zero-order valence-electron chi connectivity index (χ0n) is 7.09. The van der Waals surface area contributed by atoms with Crippen molar-refractivity contribution in [3.63, 3.8) is 0 Å². The van der Waals surface area contributed by atoms with Gasteiger partial charge >= 0.3 is 0 Å². The normalized spacial score (nSPS) is 13.2. The summed E-state index contributed by atoms with van der Waals surface area (Å²) in [4.78, 5) is 19.2. The number of nitrogens with one attached hydrogen (secondary N) is 1. The average molecular weight is 157 g/mol. The highest BCUT2D eigenvalue weighted by Gasteiger charge is 2.10. The van der Waals surface area contributed by atoms with Crippen LogP contribution >= 0.6 is 0 Å². The second-order valence-electron chi connectivity index (χ2n) is 2.91. The summed E-state index contributed by atoms with van der Waals surface area (Å²) in [6, 6.07) is 0. The number of aldehydes is 1. The average Bonchev–Trinajstić information content (AvgIpc) is 2.68. The van der Waals surface area contributed by atoms with Gasteiger partial charge in [-0.1, -0.05) is 13.8 Å². The highest BCUT2D eigenvalue weighted by atomic mass is 16.2. The summed E-state index contributed by atoms with van der Waals surface area (Å²) in [5.41, 5.74) is 0. The Morgan fingerprint density at radius 2 is 2.09 bits per heavy atom. The van der Waals surface area contributed by atoms with Gasteiger partial charge in [-0.25, -0.2) is 0 Å². The van der Waals surface area contributed by atoms with E-state index in [0.717, 1.165) is 19.1 Å². The molecule has 1 saturated heterocycles. The van der Waals surface area contributed by atoms with Crippen LogP contribution < -0.4 is 5.32 Å². The Hall–Kier alpha value is -0.860. The van der Waals surface area contributed by atoms with Crippen molar-refractivity contribution in [2.24, 2.45) is 5.92 Å². The van der Waals surface area contributed by atoms with Crippen LogP contribution in [-0.2, 0) is 9.59 Å². The van der Waals surface area contributed by atoms with Crippen molar-refractivity contribution in [2.75, 3.05) is 6.54 Å². The lowest BCUT2D eigenvalue weighted by molar-refractivity contribution is -0.110. The third kappa shape index (κ3) is 12.4. The molecule has 1 aliphatic heterocycles. The van der Waals surface area contributed by atoms with E-state index in [9.17, 15) is 9.59 Å². The molecule has 0 bridgehead atoms. The molecular formula is C8H15NO2. The van der Waals surface area contributed by atoms with E-state index < -0.39 is 0 Å². The molecule has 1 rings (SSSR count). The Kier molecular flexibility index (Phi) is 5.43. The maximum Gasteiger partial charge on any atom is 0.239 e. The van der Waals surface area contributed by atoms with Crippen LogP contribution in [-0.4, -0.2) is 18.7 Å². The molecule has 0 spiro atoms. The van der Waals surface area contributed by atoms with E-state index in [1.54, 1.807) is 0 Å². The van der Waals surface area contributed by atoms with Gasteiger partial charge in [-0.15, -0.1) is 0 Å². The first-order chi connectivity index (χ1) is 5.16.